The lowest BCUT2D eigenvalue weighted by Crippen LogP contribution is -1.86. The highest BCUT2D eigenvalue weighted by Gasteiger charge is 1.99. The predicted molar refractivity (Wildman–Crippen MR) is 47.4 cm³/mol. The highest BCUT2D eigenvalue weighted by molar-refractivity contribution is 5.34. The molecule has 0 amide bonds. The van der Waals surface area contributed by atoms with E-state index in [-0.39, 0.29) is 6.61 Å². The van der Waals surface area contributed by atoms with Crippen LogP contribution in [0.2, 0.25) is 0 Å². The standard InChI is InChI=1S/C9H11NO2/c11-7-1-2-8-3-5-9(10-12)6-4-8/h2-3,5-6,11H,1,4,7H2. The third kappa shape index (κ3) is 2.43. The van der Waals surface area contributed by atoms with Gasteiger partial charge in [-0.1, -0.05) is 18.2 Å². The number of aliphatic hydroxyl groups excluding tert-OH is 1. The van der Waals surface area contributed by atoms with Crippen molar-refractivity contribution in [1.29, 1.82) is 0 Å². The zero-order valence-corrected chi connectivity index (χ0v) is 6.73. The van der Waals surface area contributed by atoms with Gasteiger partial charge < -0.3 is 5.11 Å². The van der Waals surface area contributed by atoms with Crippen LogP contribution in [0.3, 0.4) is 0 Å². The molecule has 0 aromatic heterocycles. The largest absolute Gasteiger partial charge is 0.396 e. The molecule has 0 fully saturated rings. The topological polar surface area (TPSA) is 49.7 Å². The molecule has 3 heteroatoms. The van der Waals surface area contributed by atoms with Gasteiger partial charge in [-0.15, -0.1) is 4.91 Å². The fraction of sp³-hybridized carbons (Fsp3) is 0.333. The molecular weight excluding hydrogens is 154 g/mol. The van der Waals surface area contributed by atoms with Crippen LogP contribution in [0.1, 0.15) is 12.8 Å². The van der Waals surface area contributed by atoms with Crippen LogP contribution in [0.5, 0.6) is 0 Å². The first-order valence-corrected chi connectivity index (χ1v) is 3.88. The van der Waals surface area contributed by atoms with Crippen molar-refractivity contribution in [3.63, 3.8) is 0 Å². The Morgan fingerprint density at radius 3 is 2.92 bits per heavy atom. The van der Waals surface area contributed by atoms with Gasteiger partial charge in [0.15, 0.2) is 0 Å². The van der Waals surface area contributed by atoms with Gasteiger partial charge in [0.1, 0.15) is 5.70 Å². The number of hydrogen-bond acceptors (Lipinski definition) is 3. The van der Waals surface area contributed by atoms with E-state index in [2.05, 4.69) is 5.18 Å². The molecule has 1 aliphatic rings. The first kappa shape index (κ1) is 8.87. The fourth-order valence-electron chi connectivity index (χ4n) is 1.02. The van der Waals surface area contributed by atoms with E-state index in [9.17, 15) is 4.91 Å². The molecule has 12 heavy (non-hydrogen) atoms. The van der Waals surface area contributed by atoms with Gasteiger partial charge in [-0.05, 0) is 29.7 Å². The molecule has 1 aliphatic carbocycles. The van der Waals surface area contributed by atoms with Gasteiger partial charge in [0.2, 0.25) is 0 Å². The Morgan fingerprint density at radius 2 is 2.42 bits per heavy atom. The SMILES string of the molecule is O=NC1=CCC(=CCCO)C=C1. The second-order valence-electron chi connectivity index (χ2n) is 2.55. The molecule has 0 atom stereocenters. The second-order valence-corrected chi connectivity index (χ2v) is 2.55. The molecule has 0 aromatic rings. The minimum Gasteiger partial charge on any atom is -0.396 e. The Morgan fingerprint density at radius 1 is 1.58 bits per heavy atom. The van der Waals surface area contributed by atoms with Gasteiger partial charge in [-0.3, -0.25) is 0 Å². The first-order valence-electron chi connectivity index (χ1n) is 3.88. The minimum absolute atomic E-state index is 0.167. The minimum atomic E-state index is 0.167. The Balaban J connectivity index is 2.53. The predicted octanol–water partition coefficient (Wildman–Crippen LogP) is 1.91. The van der Waals surface area contributed by atoms with E-state index in [1.165, 1.54) is 0 Å². The van der Waals surface area contributed by atoms with Crippen molar-refractivity contribution in [3.8, 4) is 0 Å². The summed E-state index contributed by atoms with van der Waals surface area (Å²) in [4.78, 5) is 10.1. The van der Waals surface area contributed by atoms with E-state index < -0.39 is 0 Å². The third-order valence-corrected chi connectivity index (χ3v) is 1.66. The van der Waals surface area contributed by atoms with Crippen molar-refractivity contribution < 1.29 is 5.11 Å². The van der Waals surface area contributed by atoms with Crippen LogP contribution >= 0.6 is 0 Å². The molecule has 0 saturated heterocycles. The smallest absolute Gasteiger partial charge is 0.104 e. The van der Waals surface area contributed by atoms with Crippen molar-refractivity contribution in [3.05, 3.63) is 40.5 Å². The number of nitroso groups, excluding NO2 is 1. The Bertz CT molecular complexity index is 251. The summed E-state index contributed by atoms with van der Waals surface area (Å²) in [7, 11) is 0. The monoisotopic (exact) mass is 165 g/mol. The average Bonchev–Trinajstić information content (AvgIpc) is 2.15. The number of nitrogens with zero attached hydrogens (tertiary/aromatic N) is 1. The van der Waals surface area contributed by atoms with Crippen LogP contribution in [0, 0.1) is 4.91 Å². The Labute approximate surface area is 71.1 Å². The molecule has 1 rings (SSSR count). The van der Waals surface area contributed by atoms with Gasteiger partial charge >= 0.3 is 0 Å². The number of aliphatic hydroxyl groups is 1. The average molecular weight is 165 g/mol. The van der Waals surface area contributed by atoms with Crippen molar-refractivity contribution in [2.75, 3.05) is 6.61 Å². The van der Waals surface area contributed by atoms with Crippen LogP contribution in [-0.2, 0) is 0 Å². The number of hydrogen-bond donors (Lipinski definition) is 1. The maximum atomic E-state index is 10.1. The van der Waals surface area contributed by atoms with Gasteiger partial charge in [-0.25, -0.2) is 0 Å². The van der Waals surface area contributed by atoms with E-state index in [1.807, 2.05) is 12.2 Å². The van der Waals surface area contributed by atoms with Gasteiger partial charge in [0.05, 0.1) is 0 Å². The van der Waals surface area contributed by atoms with E-state index in [1.54, 1.807) is 12.2 Å². The normalized spacial score (nSPS) is 19.4. The quantitative estimate of drug-likeness (QED) is 0.649. The van der Waals surface area contributed by atoms with Crippen LogP contribution in [0.4, 0.5) is 0 Å². The van der Waals surface area contributed by atoms with Crippen LogP contribution in [0.15, 0.2) is 40.8 Å². The Kier molecular flexibility index (Phi) is 3.41. The molecule has 3 nitrogen and oxygen atoms in total. The summed E-state index contributed by atoms with van der Waals surface area (Å²) in [5.41, 5.74) is 1.60. The Hall–Kier alpha value is -1.22. The summed E-state index contributed by atoms with van der Waals surface area (Å²) < 4.78 is 0. The maximum Gasteiger partial charge on any atom is 0.104 e. The summed E-state index contributed by atoms with van der Waals surface area (Å²) in [6.45, 7) is 0.167. The van der Waals surface area contributed by atoms with Crippen molar-refractivity contribution in [1.82, 2.24) is 0 Å². The maximum absolute atomic E-state index is 10.1. The van der Waals surface area contributed by atoms with Crippen LogP contribution in [-0.4, -0.2) is 11.7 Å². The van der Waals surface area contributed by atoms with Crippen LogP contribution in [0.25, 0.3) is 0 Å². The third-order valence-electron chi connectivity index (χ3n) is 1.66. The molecule has 0 saturated carbocycles. The molecule has 1 N–H and O–H groups in total. The van der Waals surface area contributed by atoms with E-state index in [4.69, 9.17) is 5.11 Å². The summed E-state index contributed by atoms with van der Waals surface area (Å²) >= 11 is 0. The summed E-state index contributed by atoms with van der Waals surface area (Å²) in [5, 5.41) is 11.4. The van der Waals surface area contributed by atoms with E-state index in [0.29, 0.717) is 12.1 Å². The molecule has 0 spiro atoms. The van der Waals surface area contributed by atoms with E-state index >= 15 is 0 Å². The molecule has 0 aromatic carbocycles. The molecule has 0 radical (unpaired) electrons. The molecule has 0 heterocycles. The zero-order valence-electron chi connectivity index (χ0n) is 6.73. The summed E-state index contributed by atoms with van der Waals surface area (Å²) in [6.07, 6.45) is 8.66. The van der Waals surface area contributed by atoms with Crippen molar-refractivity contribution >= 4 is 0 Å². The van der Waals surface area contributed by atoms with Gasteiger partial charge in [0.25, 0.3) is 0 Å². The van der Waals surface area contributed by atoms with Gasteiger partial charge in [-0.2, -0.15) is 0 Å². The zero-order chi connectivity index (χ0) is 8.81. The fourth-order valence-corrected chi connectivity index (χ4v) is 1.02. The summed E-state index contributed by atoms with van der Waals surface area (Å²) in [5.74, 6) is 0. The molecule has 0 unspecified atom stereocenters. The van der Waals surface area contributed by atoms with E-state index in [0.717, 1.165) is 12.0 Å². The summed E-state index contributed by atoms with van der Waals surface area (Å²) in [6, 6.07) is 0. The first-order chi connectivity index (χ1) is 5.86. The lowest BCUT2D eigenvalue weighted by atomic mass is 10.1. The highest BCUT2D eigenvalue weighted by atomic mass is 16.3. The number of allylic oxidation sites excluding steroid dienone is 4. The van der Waals surface area contributed by atoms with Crippen LogP contribution < -0.4 is 0 Å². The number of rotatable bonds is 3. The van der Waals surface area contributed by atoms with Crippen molar-refractivity contribution in [2.24, 2.45) is 5.18 Å². The second kappa shape index (κ2) is 4.62. The molecule has 0 bridgehead atoms. The molecular formula is C9H11NO2. The van der Waals surface area contributed by atoms with Crippen molar-refractivity contribution in [2.45, 2.75) is 12.8 Å². The van der Waals surface area contributed by atoms with Gasteiger partial charge in [0, 0.05) is 6.61 Å². The highest BCUT2D eigenvalue weighted by Crippen LogP contribution is 2.16. The lowest BCUT2D eigenvalue weighted by Gasteiger charge is -2.02. The molecule has 64 valence electrons. The molecule has 0 aliphatic heterocycles. The lowest BCUT2D eigenvalue weighted by molar-refractivity contribution is 0.302.